The summed E-state index contributed by atoms with van der Waals surface area (Å²) in [4.78, 5) is 49.8. The molecule has 0 saturated carbocycles. The van der Waals surface area contributed by atoms with Crippen LogP contribution in [0, 0.1) is 0 Å². The standard InChI is InChI=1S/C25H40N4O8/c1-24(2,3)36-21(32)26-13-12-19(29(23(34)35)16-17-10-8-7-9-11-17)20(31)27-14-18(30)15-28-22(33)37-25(4,5)6/h7-11,18-19,30H,12-16H2,1-6H3,(H,26,32)(H,27,31)(H,28,33)(H,34,35)/t18?,19-/m0/s1. The minimum Gasteiger partial charge on any atom is -0.465 e. The van der Waals surface area contributed by atoms with Crippen LogP contribution in [0.25, 0.3) is 0 Å². The van der Waals surface area contributed by atoms with Crippen LogP contribution < -0.4 is 16.0 Å². The molecule has 1 rings (SSSR count). The predicted molar refractivity (Wildman–Crippen MR) is 136 cm³/mol. The summed E-state index contributed by atoms with van der Waals surface area (Å²) in [5, 5.41) is 27.5. The first-order valence-electron chi connectivity index (χ1n) is 12.0. The molecule has 0 fully saturated rings. The van der Waals surface area contributed by atoms with Gasteiger partial charge in [-0.3, -0.25) is 9.69 Å². The van der Waals surface area contributed by atoms with Crippen LogP contribution in [0.5, 0.6) is 0 Å². The topological polar surface area (TPSA) is 167 Å². The lowest BCUT2D eigenvalue weighted by Gasteiger charge is -2.29. The van der Waals surface area contributed by atoms with E-state index in [4.69, 9.17) is 9.47 Å². The molecule has 0 aliphatic heterocycles. The summed E-state index contributed by atoms with van der Waals surface area (Å²) < 4.78 is 10.3. The third-order valence-corrected chi connectivity index (χ3v) is 4.60. The van der Waals surface area contributed by atoms with E-state index in [0.717, 1.165) is 4.90 Å². The van der Waals surface area contributed by atoms with Gasteiger partial charge >= 0.3 is 18.3 Å². The Hall–Kier alpha value is -3.54. The number of rotatable bonds is 11. The van der Waals surface area contributed by atoms with Crippen LogP contribution >= 0.6 is 0 Å². The molecule has 0 radical (unpaired) electrons. The lowest BCUT2D eigenvalue weighted by Crippen LogP contribution is -2.52. The fourth-order valence-corrected chi connectivity index (χ4v) is 3.07. The zero-order valence-corrected chi connectivity index (χ0v) is 22.4. The average Bonchev–Trinajstić information content (AvgIpc) is 2.76. The molecule has 0 bridgehead atoms. The number of carbonyl (C=O) groups excluding carboxylic acids is 3. The molecule has 0 spiro atoms. The van der Waals surface area contributed by atoms with E-state index in [9.17, 15) is 29.4 Å². The first-order chi connectivity index (χ1) is 17.1. The Labute approximate surface area is 217 Å². The van der Waals surface area contributed by atoms with Gasteiger partial charge < -0.3 is 35.6 Å². The molecule has 0 aliphatic rings. The van der Waals surface area contributed by atoms with E-state index in [-0.39, 0.29) is 32.6 Å². The van der Waals surface area contributed by atoms with Gasteiger partial charge in [0.2, 0.25) is 5.91 Å². The Morgan fingerprint density at radius 3 is 1.89 bits per heavy atom. The van der Waals surface area contributed by atoms with Crippen LogP contribution in [0.2, 0.25) is 0 Å². The quantitative estimate of drug-likeness (QED) is 0.294. The fraction of sp³-hybridized carbons (Fsp3) is 0.600. The van der Waals surface area contributed by atoms with Gasteiger partial charge in [-0.25, -0.2) is 14.4 Å². The maximum Gasteiger partial charge on any atom is 0.408 e. The van der Waals surface area contributed by atoms with Crippen molar-refractivity contribution in [2.45, 2.75) is 77.9 Å². The normalized spacial score (nSPS) is 13.1. The summed E-state index contributed by atoms with van der Waals surface area (Å²) >= 11 is 0. The summed E-state index contributed by atoms with van der Waals surface area (Å²) in [7, 11) is 0. The molecule has 208 valence electrons. The number of carbonyl (C=O) groups is 4. The monoisotopic (exact) mass is 524 g/mol. The van der Waals surface area contributed by atoms with Gasteiger partial charge in [-0.2, -0.15) is 0 Å². The van der Waals surface area contributed by atoms with Gasteiger partial charge in [0.05, 0.1) is 6.10 Å². The molecule has 12 nitrogen and oxygen atoms in total. The Bertz CT molecular complexity index is 896. The first kappa shape index (κ1) is 31.5. The van der Waals surface area contributed by atoms with Gasteiger partial charge in [0.1, 0.15) is 17.2 Å². The SMILES string of the molecule is CC(C)(C)OC(=O)NCC[C@@H](C(=O)NCC(O)CNC(=O)OC(C)(C)C)N(Cc1ccccc1)C(=O)O. The summed E-state index contributed by atoms with van der Waals surface area (Å²) in [6.45, 7) is 9.68. The Morgan fingerprint density at radius 1 is 0.865 bits per heavy atom. The molecule has 4 amide bonds. The molecule has 0 heterocycles. The number of aliphatic hydroxyl groups is 1. The van der Waals surface area contributed by atoms with Gasteiger partial charge in [0.15, 0.2) is 0 Å². The largest absolute Gasteiger partial charge is 0.465 e. The molecule has 12 heteroatoms. The number of nitrogens with one attached hydrogen (secondary N) is 3. The highest BCUT2D eigenvalue weighted by Gasteiger charge is 2.30. The van der Waals surface area contributed by atoms with Gasteiger partial charge in [0.25, 0.3) is 0 Å². The van der Waals surface area contributed by atoms with Crippen molar-refractivity contribution in [1.29, 1.82) is 0 Å². The molecule has 0 aromatic heterocycles. The van der Waals surface area contributed by atoms with Crippen LogP contribution in [0.4, 0.5) is 14.4 Å². The van der Waals surface area contributed by atoms with Crippen molar-refractivity contribution >= 4 is 24.2 Å². The van der Waals surface area contributed by atoms with Gasteiger partial charge in [-0.05, 0) is 53.5 Å². The number of aliphatic hydroxyl groups excluding tert-OH is 1. The zero-order valence-electron chi connectivity index (χ0n) is 22.4. The van der Waals surface area contributed by atoms with Crippen molar-refractivity contribution in [2.24, 2.45) is 0 Å². The molecule has 1 aromatic rings. The molecule has 1 unspecified atom stereocenters. The number of benzene rings is 1. The lowest BCUT2D eigenvalue weighted by atomic mass is 10.1. The second-order valence-electron chi connectivity index (χ2n) is 10.4. The minimum atomic E-state index is -1.33. The number of ether oxygens (including phenoxy) is 2. The fourth-order valence-electron chi connectivity index (χ4n) is 3.07. The van der Waals surface area contributed by atoms with Gasteiger partial charge in [-0.1, -0.05) is 30.3 Å². The molecule has 2 atom stereocenters. The minimum absolute atomic E-state index is 0.0334. The molecule has 37 heavy (non-hydrogen) atoms. The first-order valence-corrected chi connectivity index (χ1v) is 12.0. The number of amides is 4. The summed E-state index contributed by atoms with van der Waals surface area (Å²) in [5.41, 5.74) is -0.752. The number of hydrogen-bond acceptors (Lipinski definition) is 7. The maximum atomic E-state index is 13.0. The highest BCUT2D eigenvalue weighted by Crippen LogP contribution is 2.13. The third kappa shape index (κ3) is 14.0. The molecule has 0 saturated heterocycles. The summed E-state index contributed by atoms with van der Waals surface area (Å²) in [5.74, 6) is -0.666. The summed E-state index contributed by atoms with van der Waals surface area (Å²) in [6, 6.07) is 7.58. The Balaban J connectivity index is 2.84. The maximum absolute atomic E-state index is 13.0. The predicted octanol–water partition coefficient (Wildman–Crippen LogP) is 2.45. The van der Waals surface area contributed by atoms with Crippen molar-refractivity contribution < 1.29 is 38.9 Å². The van der Waals surface area contributed by atoms with E-state index in [1.54, 1.807) is 71.9 Å². The molecule has 0 aliphatic carbocycles. The van der Waals surface area contributed by atoms with Gasteiger partial charge in [-0.15, -0.1) is 0 Å². The molecular formula is C25H40N4O8. The van der Waals surface area contributed by atoms with Crippen molar-refractivity contribution in [2.75, 3.05) is 19.6 Å². The number of alkyl carbamates (subject to hydrolysis) is 2. The van der Waals surface area contributed by atoms with E-state index in [0.29, 0.717) is 5.56 Å². The van der Waals surface area contributed by atoms with E-state index in [1.807, 2.05) is 0 Å². The van der Waals surface area contributed by atoms with Crippen LogP contribution in [0.15, 0.2) is 30.3 Å². The molecule has 5 N–H and O–H groups in total. The van der Waals surface area contributed by atoms with E-state index in [1.165, 1.54) is 0 Å². The van der Waals surface area contributed by atoms with Crippen LogP contribution in [0.1, 0.15) is 53.5 Å². The van der Waals surface area contributed by atoms with E-state index in [2.05, 4.69) is 16.0 Å². The van der Waals surface area contributed by atoms with Crippen molar-refractivity contribution in [1.82, 2.24) is 20.9 Å². The Morgan fingerprint density at radius 2 is 1.38 bits per heavy atom. The molecule has 1 aromatic carbocycles. The van der Waals surface area contributed by atoms with Crippen LogP contribution in [-0.2, 0) is 20.8 Å². The highest BCUT2D eigenvalue weighted by molar-refractivity contribution is 5.85. The highest BCUT2D eigenvalue weighted by atomic mass is 16.6. The smallest absolute Gasteiger partial charge is 0.408 e. The van der Waals surface area contributed by atoms with Crippen molar-refractivity contribution in [3.63, 3.8) is 0 Å². The second-order valence-corrected chi connectivity index (χ2v) is 10.4. The number of carboxylic acid groups (broad SMARTS) is 1. The zero-order chi connectivity index (χ0) is 28.2. The van der Waals surface area contributed by atoms with Crippen molar-refractivity contribution in [3.05, 3.63) is 35.9 Å². The number of hydrogen-bond donors (Lipinski definition) is 5. The average molecular weight is 525 g/mol. The van der Waals surface area contributed by atoms with E-state index < -0.39 is 47.5 Å². The lowest BCUT2D eigenvalue weighted by molar-refractivity contribution is -0.126. The Kier molecular flexibility index (Phi) is 12.1. The second kappa shape index (κ2) is 14.3. The van der Waals surface area contributed by atoms with Crippen LogP contribution in [-0.4, -0.2) is 82.3 Å². The summed E-state index contributed by atoms with van der Waals surface area (Å²) in [6.07, 6.45) is -3.93. The van der Waals surface area contributed by atoms with E-state index >= 15 is 0 Å². The van der Waals surface area contributed by atoms with Gasteiger partial charge in [0, 0.05) is 26.2 Å². The third-order valence-electron chi connectivity index (χ3n) is 4.60. The van der Waals surface area contributed by atoms with Crippen LogP contribution in [0.3, 0.4) is 0 Å². The molecular weight excluding hydrogens is 484 g/mol. The number of nitrogens with zero attached hydrogens (tertiary/aromatic N) is 1. The van der Waals surface area contributed by atoms with Crippen molar-refractivity contribution in [3.8, 4) is 0 Å².